The van der Waals surface area contributed by atoms with Gasteiger partial charge in [-0.25, -0.2) is 9.36 Å². The number of benzene rings is 3. The molecule has 1 heterocycles. The maximum Gasteiger partial charge on any atom is 0.338 e. The molecule has 0 bridgehead atoms. The van der Waals surface area contributed by atoms with Crippen LogP contribution in [0.15, 0.2) is 101 Å². The van der Waals surface area contributed by atoms with E-state index in [2.05, 4.69) is 0 Å². The van der Waals surface area contributed by atoms with E-state index in [9.17, 15) is 24.0 Å². The molecule has 1 unspecified atom stereocenters. The van der Waals surface area contributed by atoms with E-state index in [0.29, 0.717) is 12.1 Å². The van der Waals surface area contributed by atoms with Gasteiger partial charge in [-0.05, 0) is 29.7 Å². The van der Waals surface area contributed by atoms with Crippen LogP contribution in [0.5, 0.6) is 5.88 Å². The zero-order valence-electron chi connectivity index (χ0n) is 25.3. The summed E-state index contributed by atoms with van der Waals surface area (Å²) in [6.45, 7) is 3.39. The second-order valence-electron chi connectivity index (χ2n) is 10.4. The highest BCUT2D eigenvalue weighted by Gasteiger charge is 2.24. The van der Waals surface area contributed by atoms with Crippen molar-refractivity contribution in [3.63, 3.8) is 0 Å². The van der Waals surface area contributed by atoms with Crippen molar-refractivity contribution in [1.29, 1.82) is 0 Å². The van der Waals surface area contributed by atoms with Gasteiger partial charge in [-0.3, -0.25) is 23.7 Å². The molecule has 234 valence electrons. The molecule has 0 amide bonds. The first-order valence-corrected chi connectivity index (χ1v) is 14.8. The highest BCUT2D eigenvalue weighted by molar-refractivity contribution is 5.79. The Morgan fingerprint density at radius 2 is 1.29 bits per heavy atom. The molecule has 1 aromatic heterocycles. The molecule has 1 atom stereocenters. The van der Waals surface area contributed by atoms with E-state index in [4.69, 9.17) is 14.2 Å². The number of ether oxygens (including phenoxy) is 3. The summed E-state index contributed by atoms with van der Waals surface area (Å²) in [5, 5.41) is 0. The summed E-state index contributed by atoms with van der Waals surface area (Å²) >= 11 is 0. The second kappa shape index (κ2) is 16.0. The van der Waals surface area contributed by atoms with E-state index in [1.54, 1.807) is 37.3 Å². The van der Waals surface area contributed by atoms with Crippen LogP contribution in [0.2, 0.25) is 0 Å². The second-order valence-corrected chi connectivity index (χ2v) is 10.4. The van der Waals surface area contributed by atoms with Gasteiger partial charge >= 0.3 is 23.6 Å². The molecule has 0 aliphatic carbocycles. The fraction of sp³-hybridized carbons (Fsp3) is 0.286. The molecule has 0 aliphatic heterocycles. The molecule has 4 rings (SSSR count). The molecule has 10 heteroatoms. The van der Waals surface area contributed by atoms with Crippen molar-refractivity contribution in [2.75, 3.05) is 13.2 Å². The molecular formula is C35H36N2O8. The predicted molar refractivity (Wildman–Crippen MR) is 167 cm³/mol. The van der Waals surface area contributed by atoms with Crippen LogP contribution in [0.1, 0.15) is 49.8 Å². The monoisotopic (exact) mass is 612 g/mol. The van der Waals surface area contributed by atoms with Gasteiger partial charge in [0.05, 0.1) is 36.6 Å². The van der Waals surface area contributed by atoms with Crippen LogP contribution in [-0.2, 0) is 36.8 Å². The van der Waals surface area contributed by atoms with Gasteiger partial charge in [0.1, 0.15) is 13.2 Å². The summed E-state index contributed by atoms with van der Waals surface area (Å²) in [7, 11) is 0. The minimum absolute atomic E-state index is 0.0224. The number of carbonyl (C=O) groups excluding carboxylic acids is 3. The zero-order chi connectivity index (χ0) is 32.2. The Bertz CT molecular complexity index is 1640. The SMILES string of the molecule is CCC(C)C(=O)OCCOC(=O)CCC(=O)Oc1c(Cc2ccccc2)c(=O)n(-c2ccccc2)c(=O)n1Cc1ccccc1. The minimum atomic E-state index is -0.817. The van der Waals surface area contributed by atoms with Crippen LogP contribution in [0.4, 0.5) is 0 Å². The van der Waals surface area contributed by atoms with E-state index in [1.807, 2.05) is 67.6 Å². The van der Waals surface area contributed by atoms with Crippen molar-refractivity contribution < 1.29 is 28.6 Å². The van der Waals surface area contributed by atoms with Gasteiger partial charge in [-0.1, -0.05) is 92.7 Å². The Hall–Kier alpha value is -5.25. The molecule has 45 heavy (non-hydrogen) atoms. The van der Waals surface area contributed by atoms with Crippen molar-refractivity contribution in [2.24, 2.45) is 5.92 Å². The predicted octanol–water partition coefficient (Wildman–Crippen LogP) is 4.46. The summed E-state index contributed by atoms with van der Waals surface area (Å²) in [5.41, 5.74) is 0.709. The van der Waals surface area contributed by atoms with E-state index in [1.165, 1.54) is 4.57 Å². The fourth-order valence-corrected chi connectivity index (χ4v) is 4.50. The molecule has 0 saturated heterocycles. The normalized spacial score (nSPS) is 11.4. The van der Waals surface area contributed by atoms with Crippen LogP contribution in [-0.4, -0.2) is 40.3 Å². The lowest BCUT2D eigenvalue weighted by Crippen LogP contribution is -2.42. The third-order valence-corrected chi connectivity index (χ3v) is 7.16. The molecule has 0 fully saturated rings. The average molecular weight is 613 g/mol. The number of aromatic nitrogens is 2. The topological polar surface area (TPSA) is 123 Å². The Morgan fingerprint density at radius 3 is 1.91 bits per heavy atom. The Kier molecular flexibility index (Phi) is 11.6. The summed E-state index contributed by atoms with van der Waals surface area (Å²) in [6, 6.07) is 26.8. The molecule has 0 N–H and O–H groups in total. The molecule has 0 spiro atoms. The summed E-state index contributed by atoms with van der Waals surface area (Å²) in [5.74, 6) is -2.31. The van der Waals surface area contributed by atoms with Crippen molar-refractivity contribution in [2.45, 2.75) is 46.1 Å². The van der Waals surface area contributed by atoms with Gasteiger partial charge in [0, 0.05) is 6.42 Å². The van der Waals surface area contributed by atoms with E-state index >= 15 is 0 Å². The van der Waals surface area contributed by atoms with Crippen LogP contribution in [0.25, 0.3) is 5.69 Å². The quantitative estimate of drug-likeness (QED) is 0.151. The van der Waals surface area contributed by atoms with E-state index < -0.39 is 23.2 Å². The van der Waals surface area contributed by atoms with E-state index in [0.717, 1.165) is 15.7 Å². The Balaban J connectivity index is 1.62. The van der Waals surface area contributed by atoms with Crippen LogP contribution in [0.3, 0.4) is 0 Å². The number of para-hydroxylation sites is 1. The lowest BCUT2D eigenvalue weighted by Gasteiger charge is -2.19. The third-order valence-electron chi connectivity index (χ3n) is 7.16. The molecule has 3 aromatic carbocycles. The Morgan fingerprint density at radius 1 is 0.733 bits per heavy atom. The maximum absolute atomic E-state index is 14.0. The summed E-state index contributed by atoms with van der Waals surface area (Å²) in [6.07, 6.45) is 0.0454. The first-order chi connectivity index (χ1) is 21.8. The molecule has 10 nitrogen and oxygen atoms in total. The minimum Gasteiger partial charge on any atom is -0.462 e. The highest BCUT2D eigenvalue weighted by Crippen LogP contribution is 2.21. The molecule has 0 aliphatic rings. The molecular weight excluding hydrogens is 576 g/mol. The van der Waals surface area contributed by atoms with Gasteiger partial charge in [-0.2, -0.15) is 0 Å². The fourth-order valence-electron chi connectivity index (χ4n) is 4.50. The van der Waals surface area contributed by atoms with Gasteiger partial charge in [0.25, 0.3) is 5.56 Å². The standard InChI is InChI=1S/C35H36N2O8/c1-3-25(2)34(41)44-22-21-43-30(38)19-20-31(39)45-33-29(23-26-13-7-4-8-14-26)32(40)37(28-17-11-6-12-18-28)35(42)36(33)24-27-15-9-5-10-16-27/h4-18,25H,3,19-24H2,1-2H3. The van der Waals surface area contributed by atoms with Crippen molar-refractivity contribution in [3.05, 3.63) is 129 Å². The van der Waals surface area contributed by atoms with Crippen molar-refractivity contribution in [1.82, 2.24) is 9.13 Å². The first-order valence-electron chi connectivity index (χ1n) is 14.8. The largest absolute Gasteiger partial charge is 0.462 e. The molecule has 4 aromatic rings. The number of nitrogens with zero attached hydrogens (tertiary/aromatic N) is 2. The first kappa shape index (κ1) is 32.7. The van der Waals surface area contributed by atoms with Crippen LogP contribution >= 0.6 is 0 Å². The lowest BCUT2D eigenvalue weighted by atomic mass is 10.1. The lowest BCUT2D eigenvalue weighted by molar-refractivity contribution is -0.155. The zero-order valence-corrected chi connectivity index (χ0v) is 25.3. The van der Waals surface area contributed by atoms with Crippen molar-refractivity contribution >= 4 is 17.9 Å². The number of hydrogen-bond acceptors (Lipinski definition) is 8. The Labute approximate surface area is 260 Å². The number of rotatable bonds is 14. The van der Waals surface area contributed by atoms with Crippen LogP contribution in [0, 0.1) is 5.92 Å². The van der Waals surface area contributed by atoms with Gasteiger partial charge in [0.15, 0.2) is 0 Å². The average Bonchev–Trinajstić information content (AvgIpc) is 3.06. The molecule has 0 saturated carbocycles. The van der Waals surface area contributed by atoms with Gasteiger partial charge in [-0.15, -0.1) is 0 Å². The summed E-state index contributed by atoms with van der Waals surface area (Å²) in [4.78, 5) is 65.1. The highest BCUT2D eigenvalue weighted by atomic mass is 16.6. The summed E-state index contributed by atoms with van der Waals surface area (Å²) < 4.78 is 18.2. The van der Waals surface area contributed by atoms with E-state index in [-0.39, 0.29) is 62.4 Å². The number of hydrogen-bond donors (Lipinski definition) is 0. The van der Waals surface area contributed by atoms with Crippen LogP contribution < -0.4 is 16.0 Å². The molecule has 0 radical (unpaired) electrons. The third kappa shape index (κ3) is 8.88. The number of esters is 3. The van der Waals surface area contributed by atoms with Crippen molar-refractivity contribution in [3.8, 4) is 11.6 Å². The van der Waals surface area contributed by atoms with Gasteiger partial charge in [0.2, 0.25) is 5.88 Å². The smallest absolute Gasteiger partial charge is 0.338 e. The maximum atomic E-state index is 14.0. The number of carbonyl (C=O) groups is 3. The van der Waals surface area contributed by atoms with Gasteiger partial charge < -0.3 is 14.2 Å².